The van der Waals surface area contributed by atoms with Crippen LogP contribution in [0, 0.1) is 6.92 Å². The fraction of sp³-hybridized carbons (Fsp3) is 0.309. The molecule has 4 heteroatoms. The largest absolute Gasteiger partial charge is 0.311 e. The van der Waals surface area contributed by atoms with Crippen LogP contribution in [0.4, 0.5) is 34.1 Å². The highest BCUT2D eigenvalue weighted by atomic mass is 32.1. The highest BCUT2D eigenvalue weighted by Gasteiger charge is 2.46. The van der Waals surface area contributed by atoms with Crippen LogP contribution in [0.3, 0.4) is 0 Å². The van der Waals surface area contributed by atoms with E-state index < -0.39 is 0 Å². The fourth-order valence-electron chi connectivity index (χ4n) is 9.24. The summed E-state index contributed by atoms with van der Waals surface area (Å²) in [5.74, 6) is 0. The lowest BCUT2D eigenvalue weighted by Gasteiger charge is -2.44. The van der Waals surface area contributed by atoms with E-state index in [-0.39, 0.29) is 28.4 Å². The highest BCUT2D eigenvalue weighted by molar-refractivity contribution is 7.33. The summed E-state index contributed by atoms with van der Waals surface area (Å²) in [7, 11) is 0. The summed E-state index contributed by atoms with van der Waals surface area (Å²) in [6, 6.07) is 47.1. The van der Waals surface area contributed by atoms with Gasteiger partial charge in [-0.05, 0) is 127 Å². The predicted molar refractivity (Wildman–Crippen MR) is 261 cm³/mol. The van der Waals surface area contributed by atoms with E-state index in [2.05, 4.69) is 221 Å². The van der Waals surface area contributed by atoms with Gasteiger partial charge in [-0.3, -0.25) is 0 Å². The fourth-order valence-corrected chi connectivity index (χ4v) is 10.5. The molecule has 2 aliphatic heterocycles. The van der Waals surface area contributed by atoms with Gasteiger partial charge in [-0.15, -0.1) is 11.3 Å². The monoisotopic (exact) mass is 790 g/mol. The van der Waals surface area contributed by atoms with Gasteiger partial charge in [0.25, 0.3) is 6.71 Å². The molecule has 0 amide bonds. The molecule has 298 valence electrons. The number of nitrogens with zero attached hydrogens (tertiary/aromatic N) is 2. The number of hydrogen-bond donors (Lipinski definition) is 0. The summed E-state index contributed by atoms with van der Waals surface area (Å²) in [6.07, 6.45) is 0. The molecule has 0 aliphatic carbocycles. The lowest BCUT2D eigenvalue weighted by molar-refractivity contribution is 0.590. The molecule has 9 rings (SSSR count). The van der Waals surface area contributed by atoms with E-state index in [0.29, 0.717) is 0 Å². The first kappa shape index (κ1) is 39.4. The smallest absolute Gasteiger partial charge is 0.264 e. The van der Waals surface area contributed by atoms with Crippen molar-refractivity contribution in [1.29, 1.82) is 0 Å². The second-order valence-corrected chi connectivity index (χ2v) is 22.3. The first-order valence-corrected chi connectivity index (χ1v) is 22.3. The third kappa shape index (κ3) is 6.63. The van der Waals surface area contributed by atoms with Gasteiger partial charge in [0, 0.05) is 43.2 Å². The molecule has 7 aromatic rings. The van der Waals surface area contributed by atoms with Crippen LogP contribution in [-0.4, -0.2) is 6.71 Å². The maximum atomic E-state index is 2.66. The summed E-state index contributed by atoms with van der Waals surface area (Å²) in [5, 5.41) is 1.33. The molecule has 3 heterocycles. The van der Waals surface area contributed by atoms with Crippen molar-refractivity contribution in [3.05, 3.63) is 149 Å². The molecule has 0 fully saturated rings. The van der Waals surface area contributed by atoms with Crippen molar-refractivity contribution >= 4 is 78.0 Å². The Labute approximate surface area is 358 Å². The van der Waals surface area contributed by atoms with Crippen molar-refractivity contribution in [3.63, 3.8) is 0 Å². The Bertz CT molecular complexity index is 2760. The quantitative estimate of drug-likeness (QED) is 0.165. The Morgan fingerprint density at radius 3 is 1.61 bits per heavy atom. The Hall–Kier alpha value is -5.06. The summed E-state index contributed by atoms with van der Waals surface area (Å²) in [5.41, 5.74) is 19.5. The van der Waals surface area contributed by atoms with Crippen molar-refractivity contribution in [2.75, 3.05) is 9.80 Å². The zero-order chi connectivity index (χ0) is 42.0. The van der Waals surface area contributed by atoms with Crippen molar-refractivity contribution in [2.45, 2.75) is 112 Å². The molecular weight excluding hydrogens is 731 g/mol. The summed E-state index contributed by atoms with van der Waals surface area (Å²) < 4.78 is 2.75. The van der Waals surface area contributed by atoms with Gasteiger partial charge < -0.3 is 9.80 Å². The average molecular weight is 791 g/mol. The third-order valence-corrected chi connectivity index (χ3v) is 13.9. The van der Waals surface area contributed by atoms with Gasteiger partial charge in [-0.25, -0.2) is 0 Å². The van der Waals surface area contributed by atoms with E-state index in [0.717, 1.165) is 0 Å². The maximum Gasteiger partial charge on any atom is 0.264 e. The average Bonchev–Trinajstić information content (AvgIpc) is 3.55. The molecule has 1 aromatic heterocycles. The van der Waals surface area contributed by atoms with Crippen LogP contribution in [-0.2, 0) is 21.7 Å². The Morgan fingerprint density at radius 1 is 0.475 bits per heavy atom. The van der Waals surface area contributed by atoms with Gasteiger partial charge in [0.05, 0.1) is 11.4 Å². The summed E-state index contributed by atoms with van der Waals surface area (Å²) in [6.45, 7) is 30.3. The van der Waals surface area contributed by atoms with Crippen LogP contribution in [0.15, 0.2) is 121 Å². The zero-order valence-corrected chi connectivity index (χ0v) is 38.2. The molecule has 0 atom stereocenters. The molecule has 0 saturated heterocycles. The van der Waals surface area contributed by atoms with E-state index >= 15 is 0 Å². The number of thiophene rings is 1. The van der Waals surface area contributed by atoms with Crippen LogP contribution in [0.1, 0.15) is 111 Å². The maximum absolute atomic E-state index is 2.66. The Kier molecular flexibility index (Phi) is 9.00. The molecule has 0 radical (unpaired) electrons. The molecule has 0 bridgehead atoms. The number of aryl methyl sites for hydroxylation is 1. The molecular formula is C55H59BN2S. The summed E-state index contributed by atoms with van der Waals surface area (Å²) >= 11 is 1.99. The van der Waals surface area contributed by atoms with Gasteiger partial charge in [-0.2, -0.15) is 0 Å². The summed E-state index contributed by atoms with van der Waals surface area (Å²) in [4.78, 5) is 5.22. The predicted octanol–water partition coefficient (Wildman–Crippen LogP) is 14.1. The van der Waals surface area contributed by atoms with Gasteiger partial charge in [-0.1, -0.05) is 150 Å². The number of benzene rings is 6. The second-order valence-electron chi connectivity index (χ2n) is 21.3. The number of hydrogen-bond acceptors (Lipinski definition) is 3. The minimum Gasteiger partial charge on any atom is -0.311 e. The first-order valence-electron chi connectivity index (χ1n) is 21.5. The van der Waals surface area contributed by atoms with Gasteiger partial charge in [0.2, 0.25) is 0 Å². The van der Waals surface area contributed by atoms with Gasteiger partial charge in [0.15, 0.2) is 0 Å². The molecule has 0 N–H and O–H groups in total. The van der Waals surface area contributed by atoms with Gasteiger partial charge in [0.1, 0.15) is 0 Å². The minimum atomic E-state index is -0.00467. The van der Waals surface area contributed by atoms with Crippen molar-refractivity contribution in [2.24, 2.45) is 0 Å². The standard InChI is InChI=1S/C55H59BN2S/c1-34-29-46-49-47(30-34)58(44-26-21-37(53(5,6)7)31-41(44)35-17-15-14-16-18-35)50-42-32-38(54(8,9)10)23-28-48(42)59-51(50)56(49)43-33-39(55(11,12)13)22-27-45(43)57(46)40-24-19-36(20-25-40)52(2,3)4/h14-33H,1-13H3. The van der Waals surface area contributed by atoms with E-state index in [1.54, 1.807) is 0 Å². The Balaban J connectivity index is 1.42. The third-order valence-electron chi connectivity index (χ3n) is 12.7. The number of anilines is 6. The van der Waals surface area contributed by atoms with E-state index in [9.17, 15) is 0 Å². The molecule has 0 spiro atoms. The molecule has 59 heavy (non-hydrogen) atoms. The zero-order valence-electron chi connectivity index (χ0n) is 37.4. The lowest BCUT2D eigenvalue weighted by atomic mass is 9.36. The normalized spacial score (nSPS) is 14.1. The van der Waals surface area contributed by atoms with Crippen LogP contribution in [0.2, 0.25) is 0 Å². The molecule has 0 saturated carbocycles. The van der Waals surface area contributed by atoms with Crippen molar-refractivity contribution < 1.29 is 0 Å². The van der Waals surface area contributed by atoms with Crippen LogP contribution < -0.4 is 25.5 Å². The lowest BCUT2D eigenvalue weighted by Crippen LogP contribution is -2.60. The molecule has 2 aliphatic rings. The first-order chi connectivity index (χ1) is 27.7. The SMILES string of the molecule is Cc1cc2c3c(c1)N(c1ccc(C(C)(C)C)cc1-c1ccccc1)c1c(sc4ccc(C(C)(C)C)cc14)B3c1cc(C(C)(C)C)ccc1N2c1ccc(C(C)(C)C)cc1. The number of fused-ring (bicyclic) bond motifs is 6. The molecule has 0 unspecified atom stereocenters. The van der Waals surface area contributed by atoms with Crippen LogP contribution in [0.5, 0.6) is 0 Å². The molecule has 2 nitrogen and oxygen atoms in total. The topological polar surface area (TPSA) is 6.48 Å². The molecule has 6 aromatic carbocycles. The van der Waals surface area contributed by atoms with E-state index in [1.807, 2.05) is 11.3 Å². The van der Waals surface area contributed by atoms with Crippen LogP contribution >= 0.6 is 11.3 Å². The number of rotatable bonds is 3. The highest BCUT2D eigenvalue weighted by Crippen LogP contribution is 2.51. The van der Waals surface area contributed by atoms with Crippen molar-refractivity contribution in [1.82, 2.24) is 0 Å². The second kappa shape index (κ2) is 13.5. The minimum absolute atomic E-state index is 0.00306. The van der Waals surface area contributed by atoms with E-state index in [1.165, 1.54) is 98.9 Å². The Morgan fingerprint density at radius 2 is 1.00 bits per heavy atom. The van der Waals surface area contributed by atoms with Gasteiger partial charge >= 0.3 is 0 Å². The van der Waals surface area contributed by atoms with Crippen molar-refractivity contribution in [3.8, 4) is 11.1 Å². The van der Waals surface area contributed by atoms with E-state index in [4.69, 9.17) is 0 Å². The van der Waals surface area contributed by atoms with Crippen LogP contribution in [0.25, 0.3) is 21.2 Å².